The zero-order chi connectivity index (χ0) is 24.3. The Balaban J connectivity index is 1.63. The molecule has 0 bridgehead atoms. The molecular formula is C21H14F4N6O2S. The molecule has 0 fully saturated rings. The van der Waals surface area contributed by atoms with Crippen LogP contribution in [0.3, 0.4) is 0 Å². The highest BCUT2D eigenvalue weighted by Crippen LogP contribution is 2.46. The minimum Gasteiger partial charge on any atom is -0.486 e. The predicted molar refractivity (Wildman–Crippen MR) is 110 cm³/mol. The Hall–Kier alpha value is -3.89. The first-order chi connectivity index (χ1) is 16.2. The molecule has 0 amide bonds. The first-order valence-electron chi connectivity index (χ1n) is 9.57. The molecule has 0 spiro atoms. The number of ether oxygens (including phenoxy) is 1. The highest BCUT2D eigenvalue weighted by atomic mass is 32.1. The predicted octanol–water partition coefficient (Wildman–Crippen LogP) is 3.54. The number of tetrazole rings is 1. The van der Waals surface area contributed by atoms with Gasteiger partial charge >= 0.3 is 5.92 Å². The van der Waals surface area contributed by atoms with Gasteiger partial charge in [0.05, 0.1) is 6.20 Å². The number of rotatable bonds is 8. The average molecular weight is 490 g/mol. The highest BCUT2D eigenvalue weighted by Gasteiger charge is 2.58. The number of halogens is 4. The molecule has 0 aliphatic carbocycles. The number of pyridine rings is 1. The van der Waals surface area contributed by atoms with E-state index in [1.165, 1.54) is 17.4 Å². The molecule has 1 atom stereocenters. The Bertz CT molecular complexity index is 1320. The molecule has 4 rings (SSSR count). The molecule has 8 nitrogen and oxygen atoms in total. The summed E-state index contributed by atoms with van der Waals surface area (Å²) in [7, 11) is 0. The molecule has 0 radical (unpaired) electrons. The van der Waals surface area contributed by atoms with Crippen LogP contribution in [0.15, 0.2) is 55.0 Å². The van der Waals surface area contributed by atoms with Gasteiger partial charge in [-0.3, -0.25) is 4.98 Å². The van der Waals surface area contributed by atoms with Crippen molar-refractivity contribution < 1.29 is 27.4 Å². The number of aromatic nitrogens is 5. The summed E-state index contributed by atoms with van der Waals surface area (Å²) in [6.07, 6.45) is 1.98. The molecule has 4 aromatic rings. The molecule has 174 valence electrons. The van der Waals surface area contributed by atoms with E-state index >= 15 is 8.78 Å². The summed E-state index contributed by atoms with van der Waals surface area (Å²) < 4.78 is 64.7. The van der Waals surface area contributed by atoms with Gasteiger partial charge < -0.3 is 9.84 Å². The third-order valence-corrected chi connectivity index (χ3v) is 5.83. The fraction of sp³-hybridized carbons (Fsp3) is 0.190. The number of thiophene rings is 1. The second-order valence-electron chi connectivity index (χ2n) is 7.07. The molecule has 1 N–H and O–H groups in total. The van der Waals surface area contributed by atoms with Crippen LogP contribution in [0, 0.1) is 23.0 Å². The lowest BCUT2D eigenvalue weighted by atomic mass is 9.84. The molecule has 0 aliphatic heterocycles. The van der Waals surface area contributed by atoms with Gasteiger partial charge in [0, 0.05) is 16.5 Å². The summed E-state index contributed by atoms with van der Waals surface area (Å²) in [5.74, 6) is -6.40. The average Bonchev–Trinajstić information content (AvgIpc) is 3.49. The lowest BCUT2D eigenvalue weighted by Gasteiger charge is -2.35. The van der Waals surface area contributed by atoms with Crippen LogP contribution in [-0.4, -0.2) is 30.3 Å². The molecule has 3 heterocycles. The standard InChI is InChI=1S/C21H14F4N6O2S/c22-13-1-5-17(18(23)7-13)20(32,11-31-29-12-28-30-31)21(24,25)19-6-2-14(9-27-19)33-10-16-4-3-15(8-26)34-16/h1-7,9,12,32H,10-11H2. The van der Waals surface area contributed by atoms with Crippen molar-refractivity contribution in [2.75, 3.05) is 0 Å². The summed E-state index contributed by atoms with van der Waals surface area (Å²) in [4.78, 5) is 5.61. The summed E-state index contributed by atoms with van der Waals surface area (Å²) in [6, 6.07) is 9.33. The van der Waals surface area contributed by atoms with Gasteiger partial charge in [0.15, 0.2) is 11.9 Å². The first-order valence-corrected chi connectivity index (χ1v) is 10.4. The minimum atomic E-state index is -4.17. The largest absolute Gasteiger partial charge is 0.486 e. The van der Waals surface area contributed by atoms with E-state index in [9.17, 15) is 13.9 Å². The van der Waals surface area contributed by atoms with Crippen LogP contribution in [0.1, 0.15) is 21.0 Å². The van der Waals surface area contributed by atoms with E-state index in [1.54, 1.807) is 12.1 Å². The Morgan fingerprint density at radius 2 is 1.97 bits per heavy atom. The normalized spacial score (nSPS) is 13.3. The van der Waals surface area contributed by atoms with Crippen molar-refractivity contribution in [1.29, 1.82) is 5.26 Å². The summed E-state index contributed by atoms with van der Waals surface area (Å²) in [5.41, 5.74) is -5.01. The molecule has 0 aliphatic rings. The van der Waals surface area contributed by atoms with Crippen molar-refractivity contribution in [2.45, 2.75) is 24.7 Å². The number of nitriles is 1. The van der Waals surface area contributed by atoms with Gasteiger partial charge in [0.2, 0.25) is 0 Å². The molecule has 34 heavy (non-hydrogen) atoms. The van der Waals surface area contributed by atoms with Gasteiger partial charge in [-0.15, -0.1) is 21.5 Å². The zero-order valence-corrected chi connectivity index (χ0v) is 17.9. The van der Waals surface area contributed by atoms with Crippen molar-refractivity contribution in [3.8, 4) is 11.8 Å². The molecule has 13 heteroatoms. The molecular weight excluding hydrogens is 476 g/mol. The Morgan fingerprint density at radius 1 is 1.15 bits per heavy atom. The summed E-state index contributed by atoms with van der Waals surface area (Å²) in [6.45, 7) is -0.908. The SMILES string of the molecule is N#Cc1ccc(COc2ccc(C(F)(F)C(O)(Cn3ncnn3)c3ccc(F)cc3F)nc2)s1. The van der Waals surface area contributed by atoms with Crippen LogP contribution in [0.25, 0.3) is 0 Å². The highest BCUT2D eigenvalue weighted by molar-refractivity contribution is 7.12. The Labute approximate surface area is 193 Å². The third kappa shape index (κ3) is 4.45. The van der Waals surface area contributed by atoms with Crippen LogP contribution in [0.4, 0.5) is 17.6 Å². The summed E-state index contributed by atoms with van der Waals surface area (Å²) >= 11 is 1.22. The van der Waals surface area contributed by atoms with Crippen molar-refractivity contribution in [2.24, 2.45) is 0 Å². The van der Waals surface area contributed by atoms with E-state index in [0.717, 1.165) is 35.6 Å². The minimum absolute atomic E-state index is 0.0897. The zero-order valence-electron chi connectivity index (χ0n) is 17.1. The fourth-order valence-electron chi connectivity index (χ4n) is 3.18. The topological polar surface area (TPSA) is 110 Å². The van der Waals surface area contributed by atoms with Crippen molar-refractivity contribution in [3.05, 3.63) is 87.6 Å². The van der Waals surface area contributed by atoms with E-state index in [4.69, 9.17) is 10.00 Å². The van der Waals surface area contributed by atoms with Gasteiger partial charge in [-0.2, -0.15) is 18.8 Å². The van der Waals surface area contributed by atoms with E-state index in [2.05, 4.69) is 20.4 Å². The maximum absolute atomic E-state index is 15.7. The second-order valence-corrected chi connectivity index (χ2v) is 8.24. The monoisotopic (exact) mass is 490 g/mol. The second kappa shape index (κ2) is 9.16. The van der Waals surface area contributed by atoms with Crippen molar-refractivity contribution >= 4 is 11.3 Å². The molecule has 3 aromatic heterocycles. The van der Waals surface area contributed by atoms with Gasteiger partial charge in [0.1, 0.15) is 47.2 Å². The number of hydrogen-bond acceptors (Lipinski definition) is 8. The molecule has 1 aromatic carbocycles. The quantitative estimate of drug-likeness (QED) is 0.376. The van der Waals surface area contributed by atoms with Crippen LogP contribution < -0.4 is 4.74 Å². The van der Waals surface area contributed by atoms with E-state index in [1.807, 2.05) is 6.07 Å². The Morgan fingerprint density at radius 3 is 2.59 bits per heavy atom. The van der Waals surface area contributed by atoms with Gasteiger partial charge in [-0.1, -0.05) is 0 Å². The van der Waals surface area contributed by atoms with Crippen molar-refractivity contribution in [1.82, 2.24) is 25.2 Å². The van der Waals surface area contributed by atoms with Crippen LogP contribution in [0.2, 0.25) is 0 Å². The van der Waals surface area contributed by atoms with Crippen LogP contribution >= 0.6 is 11.3 Å². The fourth-order valence-corrected chi connectivity index (χ4v) is 3.90. The maximum atomic E-state index is 15.7. The lowest BCUT2D eigenvalue weighted by Crippen LogP contribution is -2.48. The van der Waals surface area contributed by atoms with Crippen LogP contribution in [-0.2, 0) is 24.7 Å². The van der Waals surface area contributed by atoms with Crippen LogP contribution in [0.5, 0.6) is 5.75 Å². The number of hydrogen-bond donors (Lipinski definition) is 1. The van der Waals surface area contributed by atoms with E-state index < -0.39 is 41.0 Å². The smallest absolute Gasteiger partial charge is 0.323 e. The molecule has 0 saturated heterocycles. The lowest BCUT2D eigenvalue weighted by molar-refractivity contribution is -0.209. The molecule has 1 unspecified atom stereocenters. The van der Waals surface area contributed by atoms with Crippen molar-refractivity contribution in [3.63, 3.8) is 0 Å². The number of aliphatic hydroxyl groups is 1. The number of nitrogens with zero attached hydrogens (tertiary/aromatic N) is 6. The Kier molecular flexibility index (Phi) is 6.27. The van der Waals surface area contributed by atoms with E-state index in [0.29, 0.717) is 15.7 Å². The van der Waals surface area contributed by atoms with Gasteiger partial charge in [-0.05, 0) is 41.6 Å². The third-order valence-electron chi connectivity index (χ3n) is 4.87. The van der Waals surface area contributed by atoms with E-state index in [-0.39, 0.29) is 12.4 Å². The van der Waals surface area contributed by atoms with Gasteiger partial charge in [0.25, 0.3) is 0 Å². The summed E-state index contributed by atoms with van der Waals surface area (Å²) in [5, 5.41) is 30.4. The number of alkyl halides is 2. The molecule has 0 saturated carbocycles. The first kappa shape index (κ1) is 23.3. The van der Waals surface area contributed by atoms with Gasteiger partial charge in [-0.25, -0.2) is 8.78 Å². The maximum Gasteiger partial charge on any atom is 0.323 e. The number of benzene rings is 1.